The Hall–Kier alpha value is -4.51. The van der Waals surface area contributed by atoms with Gasteiger partial charge < -0.3 is 9.47 Å². The third-order valence-corrected chi connectivity index (χ3v) is 7.20. The Balaban J connectivity index is 1.74. The molecule has 3 aromatic carbocycles. The van der Waals surface area contributed by atoms with Crippen molar-refractivity contribution < 1.29 is 23.9 Å². The van der Waals surface area contributed by atoms with Crippen LogP contribution in [-0.4, -0.2) is 17.7 Å². The molecule has 0 radical (unpaired) electrons. The summed E-state index contributed by atoms with van der Waals surface area (Å²) in [6.07, 6.45) is 2.71. The highest BCUT2D eigenvalue weighted by Gasteiger charge is 2.26. The first-order valence-electron chi connectivity index (χ1n) is 13.3. The maximum atomic E-state index is 12.5. The van der Waals surface area contributed by atoms with E-state index in [1.165, 1.54) is 11.6 Å². The topological polar surface area (TPSA) is 69.7 Å². The van der Waals surface area contributed by atoms with E-state index in [4.69, 9.17) is 9.47 Å². The molecule has 3 aromatic rings. The fourth-order valence-corrected chi connectivity index (χ4v) is 4.97. The van der Waals surface area contributed by atoms with E-state index in [0.29, 0.717) is 11.3 Å². The fourth-order valence-electron chi connectivity index (χ4n) is 4.97. The fraction of sp³-hybridized carbons (Fsp3) is 0.229. The highest BCUT2D eigenvalue weighted by atomic mass is 16.5. The van der Waals surface area contributed by atoms with E-state index in [0.717, 1.165) is 57.3 Å². The Labute approximate surface area is 235 Å². The molecule has 0 aliphatic heterocycles. The van der Waals surface area contributed by atoms with E-state index in [1.807, 2.05) is 26.0 Å². The Morgan fingerprint density at radius 2 is 1.60 bits per heavy atom. The van der Waals surface area contributed by atoms with Gasteiger partial charge in [0.1, 0.15) is 11.9 Å². The normalized spacial score (nSPS) is 13.8. The molecule has 5 nitrogen and oxygen atoms in total. The van der Waals surface area contributed by atoms with Crippen LogP contribution >= 0.6 is 0 Å². The first kappa shape index (κ1) is 28.5. The summed E-state index contributed by atoms with van der Waals surface area (Å²) in [6.45, 7) is 18.3. The van der Waals surface area contributed by atoms with Crippen LogP contribution < -0.4 is 4.74 Å². The Bertz CT molecular complexity index is 1570. The monoisotopic (exact) mass is 534 g/mol. The molecule has 0 saturated heterocycles. The molecular weight excluding hydrogens is 500 g/mol. The summed E-state index contributed by atoms with van der Waals surface area (Å²) in [5.74, 6) is -0.643. The van der Waals surface area contributed by atoms with Crippen LogP contribution in [0.5, 0.6) is 5.75 Å². The number of benzene rings is 3. The quantitative estimate of drug-likeness (QED) is 0.161. The molecule has 4 rings (SSSR count). The van der Waals surface area contributed by atoms with Gasteiger partial charge in [-0.05, 0) is 103 Å². The van der Waals surface area contributed by atoms with Gasteiger partial charge in [-0.1, -0.05) is 56.1 Å². The molecule has 0 saturated carbocycles. The minimum Gasteiger partial charge on any atom is -0.454 e. The van der Waals surface area contributed by atoms with Crippen molar-refractivity contribution >= 4 is 17.7 Å². The van der Waals surface area contributed by atoms with E-state index in [-0.39, 0.29) is 23.9 Å². The number of aryl methyl sites for hydroxylation is 3. The highest BCUT2D eigenvalue weighted by molar-refractivity contribution is 5.96. The van der Waals surface area contributed by atoms with Gasteiger partial charge in [-0.15, -0.1) is 0 Å². The largest absolute Gasteiger partial charge is 0.454 e. The minimum absolute atomic E-state index is 0.0721. The second-order valence-corrected chi connectivity index (χ2v) is 10.4. The van der Waals surface area contributed by atoms with Crippen molar-refractivity contribution in [2.45, 2.75) is 53.1 Å². The number of carbonyl (C=O) groups excluding carboxylic acids is 3. The number of esters is 2. The lowest BCUT2D eigenvalue weighted by molar-refractivity contribution is -0.143. The number of allylic oxidation sites excluding steroid dienone is 1. The minimum atomic E-state index is -0.527. The predicted molar refractivity (Wildman–Crippen MR) is 158 cm³/mol. The van der Waals surface area contributed by atoms with Crippen LogP contribution in [0, 0.1) is 13.8 Å². The third-order valence-electron chi connectivity index (χ3n) is 7.20. The van der Waals surface area contributed by atoms with Crippen LogP contribution in [0.1, 0.15) is 54.2 Å². The summed E-state index contributed by atoms with van der Waals surface area (Å²) in [4.78, 5) is 36.6. The van der Waals surface area contributed by atoms with E-state index >= 15 is 0 Å². The van der Waals surface area contributed by atoms with Crippen LogP contribution in [0.3, 0.4) is 0 Å². The molecule has 1 unspecified atom stereocenters. The molecule has 0 bridgehead atoms. The third kappa shape index (κ3) is 6.04. The second kappa shape index (κ2) is 11.7. The first-order chi connectivity index (χ1) is 19.0. The molecule has 204 valence electrons. The van der Waals surface area contributed by atoms with Crippen molar-refractivity contribution in [1.29, 1.82) is 0 Å². The van der Waals surface area contributed by atoms with Gasteiger partial charge in [0.05, 0.1) is 0 Å². The summed E-state index contributed by atoms with van der Waals surface area (Å²) in [6, 6.07) is 16.0. The van der Waals surface area contributed by atoms with Crippen molar-refractivity contribution in [3.63, 3.8) is 0 Å². The number of carbonyl (C=O) groups is 3. The van der Waals surface area contributed by atoms with Crippen LogP contribution in [0.2, 0.25) is 0 Å². The van der Waals surface area contributed by atoms with Crippen LogP contribution in [-0.2, 0) is 32.0 Å². The SMILES string of the molecule is C=CC(=O)OC1CCc2ccc(-c3cc(C)c(-c4ccc(CC(=O)C(=C)C)cc4OC(=O)C(=C)C)cc3C)cc21. The van der Waals surface area contributed by atoms with Gasteiger partial charge in [0, 0.05) is 23.6 Å². The molecule has 0 fully saturated rings. The Morgan fingerprint density at radius 1 is 0.900 bits per heavy atom. The van der Waals surface area contributed by atoms with Gasteiger partial charge in [0.25, 0.3) is 0 Å². The van der Waals surface area contributed by atoms with E-state index in [9.17, 15) is 14.4 Å². The molecule has 1 aliphatic rings. The molecule has 0 amide bonds. The van der Waals surface area contributed by atoms with Crippen molar-refractivity contribution in [1.82, 2.24) is 0 Å². The summed E-state index contributed by atoms with van der Waals surface area (Å²) in [5, 5.41) is 0. The zero-order valence-corrected chi connectivity index (χ0v) is 23.6. The van der Waals surface area contributed by atoms with Gasteiger partial charge in [-0.2, -0.15) is 0 Å². The molecule has 0 N–H and O–H groups in total. The lowest BCUT2D eigenvalue weighted by atomic mass is 9.90. The van der Waals surface area contributed by atoms with E-state index in [1.54, 1.807) is 19.9 Å². The first-order valence-corrected chi connectivity index (χ1v) is 13.3. The summed E-state index contributed by atoms with van der Waals surface area (Å²) < 4.78 is 11.3. The molecular formula is C35H34O5. The predicted octanol–water partition coefficient (Wildman–Crippen LogP) is 7.52. The second-order valence-electron chi connectivity index (χ2n) is 10.4. The zero-order chi connectivity index (χ0) is 29.1. The van der Waals surface area contributed by atoms with Crippen molar-refractivity contribution in [2.24, 2.45) is 0 Å². The van der Waals surface area contributed by atoms with E-state index in [2.05, 4.69) is 50.1 Å². The molecule has 1 atom stereocenters. The number of fused-ring (bicyclic) bond motifs is 1. The molecule has 40 heavy (non-hydrogen) atoms. The number of hydrogen-bond acceptors (Lipinski definition) is 5. The Morgan fingerprint density at radius 3 is 2.27 bits per heavy atom. The van der Waals surface area contributed by atoms with Gasteiger partial charge in [0.2, 0.25) is 0 Å². The van der Waals surface area contributed by atoms with Crippen LogP contribution in [0.15, 0.2) is 85.5 Å². The van der Waals surface area contributed by atoms with Gasteiger partial charge in [-0.3, -0.25) is 4.79 Å². The lowest BCUT2D eigenvalue weighted by Gasteiger charge is -2.18. The zero-order valence-electron chi connectivity index (χ0n) is 23.6. The molecule has 0 aromatic heterocycles. The standard InChI is InChI=1S/C35H34O5/c1-8-34(37)39-32-14-12-25-10-11-26(19-30(25)32)28-15-23(7)29(16-22(28)6)27-13-9-24(17-31(36)20(2)3)18-33(27)40-35(38)21(4)5/h8-11,13,15-16,18-19,32H,1-2,4,12,14,17H2,3,5-7H3. The smallest absolute Gasteiger partial charge is 0.338 e. The van der Waals surface area contributed by atoms with Gasteiger partial charge in [-0.25, -0.2) is 9.59 Å². The summed E-state index contributed by atoms with van der Waals surface area (Å²) >= 11 is 0. The van der Waals surface area contributed by atoms with Crippen molar-refractivity contribution in [3.05, 3.63) is 113 Å². The number of ether oxygens (including phenoxy) is 2. The number of Topliss-reactive ketones (excluding diaryl/α,β-unsaturated/α-hetero) is 1. The molecule has 0 heterocycles. The maximum absolute atomic E-state index is 12.5. The van der Waals surface area contributed by atoms with Crippen LogP contribution in [0.25, 0.3) is 22.3 Å². The average Bonchev–Trinajstić information content (AvgIpc) is 3.31. The van der Waals surface area contributed by atoms with Gasteiger partial charge in [0.15, 0.2) is 5.78 Å². The van der Waals surface area contributed by atoms with E-state index < -0.39 is 11.9 Å². The number of rotatable bonds is 9. The maximum Gasteiger partial charge on any atom is 0.338 e. The number of ketones is 1. The van der Waals surface area contributed by atoms with Crippen molar-refractivity contribution in [3.8, 4) is 28.0 Å². The van der Waals surface area contributed by atoms with Crippen LogP contribution in [0.4, 0.5) is 0 Å². The average molecular weight is 535 g/mol. The molecule has 5 heteroatoms. The molecule has 1 aliphatic carbocycles. The van der Waals surface area contributed by atoms with Gasteiger partial charge >= 0.3 is 11.9 Å². The van der Waals surface area contributed by atoms with Crippen molar-refractivity contribution in [2.75, 3.05) is 0 Å². The molecule has 0 spiro atoms. The Kier molecular flexibility index (Phi) is 8.34. The number of hydrogen-bond donors (Lipinski definition) is 0. The highest BCUT2D eigenvalue weighted by Crippen LogP contribution is 2.40. The lowest BCUT2D eigenvalue weighted by Crippen LogP contribution is -2.10. The summed E-state index contributed by atoms with van der Waals surface area (Å²) in [7, 11) is 0. The summed E-state index contributed by atoms with van der Waals surface area (Å²) in [5.41, 5.74) is 9.51.